The monoisotopic (exact) mass is 489 g/mol. The summed E-state index contributed by atoms with van der Waals surface area (Å²) < 4.78 is 32.9. The van der Waals surface area contributed by atoms with Crippen LogP contribution in [-0.4, -0.2) is 75.7 Å². The maximum Gasteiger partial charge on any atom is 0.321 e. The van der Waals surface area contributed by atoms with Crippen LogP contribution in [0.1, 0.15) is 19.3 Å². The molecule has 1 aliphatic heterocycles. The van der Waals surface area contributed by atoms with Crippen LogP contribution in [0, 0.1) is 0 Å². The van der Waals surface area contributed by atoms with E-state index in [2.05, 4.69) is 14.9 Å². The molecule has 1 saturated heterocycles. The number of hydrogen-bond acceptors (Lipinski definition) is 6. The number of carboxylic acid groups (broad SMARTS) is 1. The van der Waals surface area contributed by atoms with Gasteiger partial charge in [-0.05, 0) is 42.6 Å². The SMILES string of the molecule is O=C(CCC(NS(=O)(=O)c1ccc(-c2ccccc2)cc1)C(=O)O)NCCCN1CCOCC1. The Hall–Kier alpha value is -2.79. The predicted molar refractivity (Wildman–Crippen MR) is 128 cm³/mol. The van der Waals surface area contributed by atoms with Crippen molar-refractivity contribution >= 4 is 21.9 Å². The highest BCUT2D eigenvalue weighted by Crippen LogP contribution is 2.21. The van der Waals surface area contributed by atoms with E-state index in [0.29, 0.717) is 6.54 Å². The highest BCUT2D eigenvalue weighted by Gasteiger charge is 2.26. The minimum absolute atomic E-state index is 0.0361. The summed E-state index contributed by atoms with van der Waals surface area (Å²) >= 11 is 0. The lowest BCUT2D eigenvalue weighted by molar-refractivity contribution is -0.139. The first-order chi connectivity index (χ1) is 16.3. The fourth-order valence-electron chi connectivity index (χ4n) is 3.66. The smallest absolute Gasteiger partial charge is 0.321 e. The second-order valence-corrected chi connectivity index (χ2v) is 9.81. The minimum atomic E-state index is -4.06. The molecule has 1 heterocycles. The van der Waals surface area contributed by atoms with Gasteiger partial charge in [-0.2, -0.15) is 4.72 Å². The van der Waals surface area contributed by atoms with Gasteiger partial charge in [-0.3, -0.25) is 14.5 Å². The predicted octanol–water partition coefficient (Wildman–Crippen LogP) is 1.70. The van der Waals surface area contributed by atoms with E-state index in [1.165, 1.54) is 12.1 Å². The Morgan fingerprint density at radius 3 is 2.29 bits per heavy atom. The van der Waals surface area contributed by atoms with E-state index in [1.807, 2.05) is 30.3 Å². The van der Waals surface area contributed by atoms with Crippen LogP contribution in [0.5, 0.6) is 0 Å². The Balaban J connectivity index is 1.47. The second kappa shape index (κ2) is 12.6. The molecule has 2 aromatic carbocycles. The van der Waals surface area contributed by atoms with Gasteiger partial charge in [-0.1, -0.05) is 42.5 Å². The molecular formula is C24H31N3O6S. The molecule has 0 aromatic heterocycles. The first-order valence-electron chi connectivity index (χ1n) is 11.3. The van der Waals surface area contributed by atoms with E-state index in [0.717, 1.165) is 50.4 Å². The lowest BCUT2D eigenvalue weighted by Gasteiger charge is -2.26. The molecule has 0 bridgehead atoms. The number of nitrogens with one attached hydrogen (secondary N) is 2. The van der Waals surface area contributed by atoms with Gasteiger partial charge in [0.05, 0.1) is 18.1 Å². The van der Waals surface area contributed by atoms with Crippen LogP contribution in [0.25, 0.3) is 11.1 Å². The van der Waals surface area contributed by atoms with Crippen LogP contribution in [0.2, 0.25) is 0 Å². The molecule has 9 nitrogen and oxygen atoms in total. The number of morpholine rings is 1. The molecule has 3 N–H and O–H groups in total. The molecule has 1 atom stereocenters. The quantitative estimate of drug-likeness (QED) is 0.388. The normalized spacial score (nSPS) is 15.5. The number of amides is 1. The third kappa shape index (κ3) is 7.91. The topological polar surface area (TPSA) is 125 Å². The molecule has 184 valence electrons. The lowest BCUT2D eigenvalue weighted by Crippen LogP contribution is -2.41. The van der Waals surface area contributed by atoms with Crippen LogP contribution in [0.4, 0.5) is 0 Å². The van der Waals surface area contributed by atoms with E-state index in [1.54, 1.807) is 12.1 Å². The number of benzene rings is 2. The van der Waals surface area contributed by atoms with Crippen LogP contribution < -0.4 is 10.0 Å². The first-order valence-corrected chi connectivity index (χ1v) is 12.8. The summed E-state index contributed by atoms with van der Waals surface area (Å²) in [5, 5.41) is 12.2. The molecule has 10 heteroatoms. The summed E-state index contributed by atoms with van der Waals surface area (Å²) in [5.74, 6) is -1.63. The van der Waals surface area contributed by atoms with E-state index >= 15 is 0 Å². The van der Waals surface area contributed by atoms with E-state index < -0.39 is 22.0 Å². The summed E-state index contributed by atoms with van der Waals surface area (Å²) in [6.07, 6.45) is 0.537. The van der Waals surface area contributed by atoms with Crippen molar-refractivity contribution in [2.45, 2.75) is 30.2 Å². The summed E-state index contributed by atoms with van der Waals surface area (Å²) in [4.78, 5) is 26.0. The van der Waals surface area contributed by atoms with E-state index in [-0.39, 0.29) is 23.6 Å². The third-order valence-electron chi connectivity index (χ3n) is 5.60. The fraction of sp³-hybridized carbons (Fsp3) is 0.417. The second-order valence-electron chi connectivity index (χ2n) is 8.10. The number of carbonyl (C=O) groups excluding carboxylic acids is 1. The molecule has 34 heavy (non-hydrogen) atoms. The van der Waals surface area contributed by atoms with Gasteiger partial charge in [-0.15, -0.1) is 0 Å². The van der Waals surface area contributed by atoms with Crippen molar-refractivity contribution in [1.82, 2.24) is 14.9 Å². The maximum absolute atomic E-state index is 12.7. The molecule has 0 spiro atoms. The standard InChI is InChI=1S/C24H31N3O6S/c28-23(25-13-4-14-27-15-17-33-18-16-27)12-11-22(24(29)30)26-34(31,32)21-9-7-20(8-10-21)19-5-2-1-3-6-19/h1-3,5-10,22,26H,4,11-18H2,(H,25,28)(H,29,30). The van der Waals surface area contributed by atoms with Crippen molar-refractivity contribution < 1.29 is 27.9 Å². The maximum atomic E-state index is 12.7. The number of ether oxygens (including phenoxy) is 1. The number of aliphatic carboxylic acids is 1. The summed E-state index contributed by atoms with van der Waals surface area (Å²) in [6, 6.07) is 14.3. The van der Waals surface area contributed by atoms with Crippen molar-refractivity contribution in [1.29, 1.82) is 0 Å². The molecule has 2 aromatic rings. The molecule has 1 amide bonds. The Morgan fingerprint density at radius 2 is 1.65 bits per heavy atom. The van der Waals surface area contributed by atoms with Crippen LogP contribution in [-0.2, 0) is 24.3 Å². The van der Waals surface area contributed by atoms with Crippen LogP contribution in [0.3, 0.4) is 0 Å². The number of nitrogens with zero attached hydrogens (tertiary/aromatic N) is 1. The van der Waals surface area contributed by atoms with E-state index in [4.69, 9.17) is 4.74 Å². The van der Waals surface area contributed by atoms with Crippen molar-refractivity contribution in [3.63, 3.8) is 0 Å². The van der Waals surface area contributed by atoms with Crippen molar-refractivity contribution in [2.24, 2.45) is 0 Å². The molecular weight excluding hydrogens is 458 g/mol. The third-order valence-corrected chi connectivity index (χ3v) is 7.09. The Kier molecular flexibility index (Phi) is 9.58. The van der Waals surface area contributed by atoms with E-state index in [9.17, 15) is 23.1 Å². The Labute approximate surface area is 200 Å². The van der Waals surface area contributed by atoms with Crippen LogP contribution in [0.15, 0.2) is 59.5 Å². The molecule has 1 fully saturated rings. The average molecular weight is 490 g/mol. The molecule has 1 aliphatic rings. The summed E-state index contributed by atoms with van der Waals surface area (Å²) in [5.41, 5.74) is 1.79. The molecule has 1 unspecified atom stereocenters. The molecule has 3 rings (SSSR count). The highest BCUT2D eigenvalue weighted by molar-refractivity contribution is 7.89. The van der Waals surface area contributed by atoms with Gasteiger partial charge in [-0.25, -0.2) is 8.42 Å². The first kappa shape index (κ1) is 25.8. The van der Waals surface area contributed by atoms with Gasteiger partial charge in [0.15, 0.2) is 0 Å². The van der Waals surface area contributed by atoms with Gasteiger partial charge in [0, 0.05) is 26.1 Å². The molecule has 0 saturated carbocycles. The largest absolute Gasteiger partial charge is 0.480 e. The Morgan fingerprint density at radius 1 is 1.00 bits per heavy atom. The summed E-state index contributed by atoms with van der Waals surface area (Å²) in [6.45, 7) is 4.52. The Bertz CT molecular complexity index is 1040. The van der Waals surface area contributed by atoms with Gasteiger partial charge in [0.25, 0.3) is 0 Å². The number of sulfonamides is 1. The average Bonchev–Trinajstić information content (AvgIpc) is 2.85. The van der Waals surface area contributed by atoms with Gasteiger partial charge < -0.3 is 15.2 Å². The highest BCUT2D eigenvalue weighted by atomic mass is 32.2. The fourth-order valence-corrected chi connectivity index (χ4v) is 4.89. The van der Waals surface area contributed by atoms with Gasteiger partial charge in [0.1, 0.15) is 6.04 Å². The number of rotatable bonds is 12. The molecule has 0 radical (unpaired) electrons. The van der Waals surface area contributed by atoms with Crippen LogP contribution >= 0.6 is 0 Å². The van der Waals surface area contributed by atoms with Gasteiger partial charge >= 0.3 is 5.97 Å². The lowest BCUT2D eigenvalue weighted by atomic mass is 10.1. The summed E-state index contributed by atoms with van der Waals surface area (Å²) in [7, 11) is -4.06. The number of hydrogen-bond donors (Lipinski definition) is 3. The van der Waals surface area contributed by atoms with Gasteiger partial charge in [0.2, 0.25) is 15.9 Å². The number of carboxylic acids is 1. The minimum Gasteiger partial charge on any atom is -0.480 e. The zero-order chi connectivity index (χ0) is 24.4. The van der Waals surface area contributed by atoms with Crippen molar-refractivity contribution in [3.05, 3.63) is 54.6 Å². The molecule has 0 aliphatic carbocycles. The zero-order valence-corrected chi connectivity index (χ0v) is 19.8. The number of carbonyl (C=O) groups is 2. The van der Waals surface area contributed by atoms with Crippen molar-refractivity contribution in [2.75, 3.05) is 39.4 Å². The van der Waals surface area contributed by atoms with Crippen molar-refractivity contribution in [3.8, 4) is 11.1 Å². The zero-order valence-electron chi connectivity index (χ0n) is 19.0.